The first-order valence-electron chi connectivity index (χ1n) is 6.85. The highest BCUT2D eigenvalue weighted by atomic mass is 16.5. The number of pyridine rings is 1. The summed E-state index contributed by atoms with van der Waals surface area (Å²) in [4.78, 5) is 4.09. The lowest BCUT2D eigenvalue weighted by Crippen LogP contribution is -2.12. The van der Waals surface area contributed by atoms with E-state index in [2.05, 4.69) is 11.1 Å². The van der Waals surface area contributed by atoms with Crippen LogP contribution in [0.15, 0.2) is 48.7 Å². The minimum Gasteiger partial charge on any atom is -0.481 e. The van der Waals surface area contributed by atoms with Gasteiger partial charge in [-0.05, 0) is 23.6 Å². The van der Waals surface area contributed by atoms with Gasteiger partial charge < -0.3 is 9.84 Å². The maximum atomic E-state index is 9.59. The van der Waals surface area contributed by atoms with E-state index in [0.29, 0.717) is 12.3 Å². The average Bonchev–Trinajstić information content (AvgIpc) is 2.56. The number of rotatable bonds is 6. The molecule has 0 spiro atoms. The predicted molar refractivity (Wildman–Crippen MR) is 80.0 cm³/mol. The maximum absolute atomic E-state index is 9.59. The zero-order valence-electron chi connectivity index (χ0n) is 11.9. The van der Waals surface area contributed by atoms with Crippen molar-refractivity contribution in [3.05, 3.63) is 59.8 Å². The molecule has 0 aliphatic rings. The molecule has 0 saturated heterocycles. The van der Waals surface area contributed by atoms with Gasteiger partial charge in [-0.2, -0.15) is 5.26 Å². The van der Waals surface area contributed by atoms with Crippen molar-refractivity contribution < 1.29 is 9.84 Å². The molecule has 0 aliphatic carbocycles. The molecule has 0 amide bonds. The van der Waals surface area contributed by atoms with Crippen molar-refractivity contribution in [2.24, 2.45) is 0 Å². The minimum atomic E-state index is -0.314. The predicted octanol–water partition coefficient (Wildman–Crippen LogP) is 2.86. The topological polar surface area (TPSA) is 66.1 Å². The number of methoxy groups -OCH3 is 1. The summed E-state index contributed by atoms with van der Waals surface area (Å²) in [5.74, 6) is 0.102. The molecule has 0 saturated carbocycles. The van der Waals surface area contributed by atoms with E-state index in [9.17, 15) is 10.4 Å². The third kappa shape index (κ3) is 3.59. The molecule has 0 radical (unpaired) electrons. The van der Waals surface area contributed by atoms with E-state index in [1.54, 1.807) is 13.3 Å². The molecular formula is C17H18N2O2. The van der Waals surface area contributed by atoms with Crippen LogP contribution < -0.4 is 4.74 Å². The Hall–Kier alpha value is -2.38. The molecule has 21 heavy (non-hydrogen) atoms. The molecule has 1 N–H and O–H groups in total. The second kappa shape index (κ2) is 7.41. The van der Waals surface area contributed by atoms with Crippen molar-refractivity contribution in [2.75, 3.05) is 13.7 Å². The summed E-state index contributed by atoms with van der Waals surface area (Å²) in [7, 11) is 1.56. The molecule has 2 aromatic rings. The van der Waals surface area contributed by atoms with Gasteiger partial charge in [0, 0.05) is 24.8 Å². The van der Waals surface area contributed by atoms with Crippen molar-refractivity contribution in [1.82, 2.24) is 4.98 Å². The second-order valence-corrected chi connectivity index (χ2v) is 4.77. The van der Waals surface area contributed by atoms with E-state index in [-0.39, 0.29) is 18.4 Å². The number of nitriles is 1. The van der Waals surface area contributed by atoms with Crippen molar-refractivity contribution in [1.29, 1.82) is 5.26 Å². The number of aromatic nitrogens is 1. The van der Waals surface area contributed by atoms with Crippen LogP contribution in [0.2, 0.25) is 0 Å². The van der Waals surface area contributed by atoms with Gasteiger partial charge in [-0.3, -0.25) is 0 Å². The van der Waals surface area contributed by atoms with Gasteiger partial charge in [-0.15, -0.1) is 0 Å². The van der Waals surface area contributed by atoms with Crippen LogP contribution in [0.4, 0.5) is 0 Å². The van der Waals surface area contributed by atoms with Gasteiger partial charge in [0.2, 0.25) is 5.88 Å². The van der Waals surface area contributed by atoms with Crippen LogP contribution >= 0.6 is 0 Å². The molecule has 0 fully saturated rings. The van der Waals surface area contributed by atoms with E-state index < -0.39 is 0 Å². The number of nitrogens with zero attached hydrogens (tertiary/aromatic N) is 2. The Bertz CT molecular complexity index is 608. The van der Waals surface area contributed by atoms with Gasteiger partial charge in [-0.25, -0.2) is 4.98 Å². The highest BCUT2D eigenvalue weighted by Gasteiger charge is 2.24. The van der Waals surface area contributed by atoms with Crippen molar-refractivity contribution >= 4 is 0 Å². The van der Waals surface area contributed by atoms with Crippen LogP contribution in [-0.4, -0.2) is 23.8 Å². The highest BCUT2D eigenvalue weighted by Crippen LogP contribution is 2.35. The number of aliphatic hydroxyl groups excluding tert-OH is 1. The molecule has 1 aromatic carbocycles. The number of hydrogen-bond donors (Lipinski definition) is 1. The van der Waals surface area contributed by atoms with Crippen LogP contribution in [0.3, 0.4) is 0 Å². The summed E-state index contributed by atoms with van der Waals surface area (Å²) in [6, 6.07) is 15.7. The minimum absolute atomic E-state index is 0.0281. The van der Waals surface area contributed by atoms with E-state index in [1.165, 1.54) is 0 Å². The molecule has 0 aliphatic heterocycles. The van der Waals surface area contributed by atoms with Crippen LogP contribution in [0.1, 0.15) is 29.4 Å². The van der Waals surface area contributed by atoms with Gasteiger partial charge in [0.25, 0.3) is 0 Å². The molecule has 0 bridgehead atoms. The SMILES string of the molecule is COc1cc([C@H](CCO)[C@@H](C#N)c2ccccc2)ccn1. The summed E-state index contributed by atoms with van der Waals surface area (Å²) < 4.78 is 5.15. The van der Waals surface area contributed by atoms with Crippen LogP contribution in [0.5, 0.6) is 5.88 Å². The molecule has 108 valence electrons. The first-order chi connectivity index (χ1) is 10.3. The molecule has 2 atom stereocenters. The summed E-state index contributed by atoms with van der Waals surface area (Å²) in [5, 5.41) is 18.9. The fourth-order valence-electron chi connectivity index (χ4n) is 2.49. The standard InChI is InChI=1S/C17H18N2O2/c1-21-17-11-14(7-9-19-17)15(8-10-20)16(12-18)13-5-3-2-4-6-13/h2-7,9,11,15-16,20H,8,10H2,1H3/t15-,16-/m0/s1. The Morgan fingerprint density at radius 2 is 2.00 bits per heavy atom. The second-order valence-electron chi connectivity index (χ2n) is 4.77. The van der Waals surface area contributed by atoms with Crippen LogP contribution in [0.25, 0.3) is 0 Å². The molecule has 1 heterocycles. The molecular weight excluding hydrogens is 264 g/mol. The third-order valence-corrected chi connectivity index (χ3v) is 3.54. The largest absolute Gasteiger partial charge is 0.481 e. The Labute approximate surface area is 124 Å². The van der Waals surface area contributed by atoms with Crippen molar-refractivity contribution in [3.63, 3.8) is 0 Å². The van der Waals surface area contributed by atoms with Gasteiger partial charge in [-0.1, -0.05) is 30.3 Å². The highest BCUT2D eigenvalue weighted by molar-refractivity contribution is 5.34. The van der Waals surface area contributed by atoms with E-state index >= 15 is 0 Å². The zero-order valence-corrected chi connectivity index (χ0v) is 11.9. The smallest absolute Gasteiger partial charge is 0.213 e. The van der Waals surface area contributed by atoms with Gasteiger partial charge in [0.1, 0.15) is 0 Å². The molecule has 1 aromatic heterocycles. The number of hydrogen-bond acceptors (Lipinski definition) is 4. The molecule has 4 nitrogen and oxygen atoms in total. The molecule has 2 rings (SSSR count). The summed E-state index contributed by atoms with van der Waals surface area (Å²) in [6.07, 6.45) is 2.18. The van der Waals surface area contributed by atoms with E-state index in [1.807, 2.05) is 42.5 Å². The van der Waals surface area contributed by atoms with Crippen molar-refractivity contribution in [2.45, 2.75) is 18.3 Å². The van der Waals surface area contributed by atoms with Crippen LogP contribution in [0, 0.1) is 11.3 Å². The Balaban J connectivity index is 2.39. The lowest BCUT2D eigenvalue weighted by Gasteiger charge is -2.22. The summed E-state index contributed by atoms with van der Waals surface area (Å²) in [5.41, 5.74) is 1.90. The van der Waals surface area contributed by atoms with E-state index in [4.69, 9.17) is 4.74 Å². The number of aliphatic hydroxyl groups is 1. The first-order valence-corrected chi connectivity index (χ1v) is 6.85. The zero-order chi connectivity index (χ0) is 15.1. The van der Waals surface area contributed by atoms with Gasteiger partial charge >= 0.3 is 0 Å². The summed E-state index contributed by atoms with van der Waals surface area (Å²) in [6.45, 7) is 0.0281. The quantitative estimate of drug-likeness (QED) is 0.884. The van der Waals surface area contributed by atoms with Gasteiger partial charge in [0.15, 0.2) is 0 Å². The lowest BCUT2D eigenvalue weighted by atomic mass is 9.81. The van der Waals surface area contributed by atoms with Crippen LogP contribution in [-0.2, 0) is 0 Å². The third-order valence-electron chi connectivity index (χ3n) is 3.54. The fourth-order valence-corrected chi connectivity index (χ4v) is 2.49. The first kappa shape index (κ1) is 15.0. The Morgan fingerprint density at radius 3 is 2.62 bits per heavy atom. The summed E-state index contributed by atoms with van der Waals surface area (Å²) >= 11 is 0. The normalized spacial score (nSPS) is 13.2. The molecule has 4 heteroatoms. The number of benzene rings is 1. The molecule has 0 unspecified atom stereocenters. The van der Waals surface area contributed by atoms with E-state index in [0.717, 1.165) is 11.1 Å². The number of ether oxygens (including phenoxy) is 1. The average molecular weight is 282 g/mol. The van der Waals surface area contributed by atoms with Crippen molar-refractivity contribution in [3.8, 4) is 11.9 Å². The lowest BCUT2D eigenvalue weighted by molar-refractivity contribution is 0.271. The Kier molecular flexibility index (Phi) is 5.30. The fraction of sp³-hybridized carbons (Fsp3) is 0.294. The van der Waals surface area contributed by atoms with Gasteiger partial charge in [0.05, 0.1) is 19.1 Å². The monoisotopic (exact) mass is 282 g/mol. The maximum Gasteiger partial charge on any atom is 0.213 e. The Morgan fingerprint density at radius 1 is 1.24 bits per heavy atom.